The first-order chi connectivity index (χ1) is 15.6. The normalized spacial score (nSPS) is 13.9. The molecule has 0 bridgehead atoms. The molecular weight excluding hydrogens is 438 g/mol. The number of sulfonamides is 1. The molecule has 1 aromatic carbocycles. The van der Waals surface area contributed by atoms with Crippen molar-refractivity contribution in [2.75, 3.05) is 31.9 Å². The van der Waals surface area contributed by atoms with Crippen LogP contribution in [0.15, 0.2) is 24.3 Å². The molecule has 0 saturated carbocycles. The molecule has 3 N–H and O–H groups in total. The van der Waals surface area contributed by atoms with E-state index in [2.05, 4.69) is 24.5 Å². The molecule has 33 heavy (non-hydrogen) atoms. The molecule has 0 heterocycles. The van der Waals surface area contributed by atoms with Crippen molar-refractivity contribution < 1.29 is 18.3 Å². The van der Waals surface area contributed by atoms with Crippen LogP contribution in [-0.2, 0) is 21.2 Å². The summed E-state index contributed by atoms with van der Waals surface area (Å²) in [6.45, 7) is 12.3. The van der Waals surface area contributed by atoms with E-state index in [4.69, 9.17) is 0 Å². The van der Waals surface area contributed by atoms with E-state index in [-0.39, 0.29) is 18.1 Å². The van der Waals surface area contributed by atoms with Crippen molar-refractivity contribution in [3.05, 3.63) is 35.4 Å². The molecule has 0 unspecified atom stereocenters. The number of aliphatic hydroxyl groups is 1. The lowest BCUT2D eigenvalue weighted by molar-refractivity contribution is -0.122. The Morgan fingerprint density at radius 3 is 2.24 bits per heavy atom. The van der Waals surface area contributed by atoms with Crippen LogP contribution in [0, 0.1) is 12.8 Å². The fraction of sp³-hybridized carbons (Fsp3) is 0.720. The fourth-order valence-electron chi connectivity index (χ4n) is 3.56. The average Bonchev–Trinajstić information content (AvgIpc) is 2.76. The van der Waals surface area contributed by atoms with Gasteiger partial charge in [0, 0.05) is 26.1 Å². The van der Waals surface area contributed by atoms with E-state index in [1.165, 1.54) is 4.31 Å². The number of nitrogens with zero attached hydrogens (tertiary/aromatic N) is 1. The number of aliphatic hydroxyl groups excluding tert-OH is 1. The first kappa shape index (κ1) is 29.6. The molecule has 0 saturated heterocycles. The number of hydrogen-bond acceptors (Lipinski definition) is 5. The maximum atomic E-state index is 12.7. The van der Waals surface area contributed by atoms with Gasteiger partial charge in [-0.15, -0.1) is 0 Å². The molecule has 0 aliphatic rings. The van der Waals surface area contributed by atoms with Crippen LogP contribution in [0.25, 0.3) is 0 Å². The minimum atomic E-state index is -3.49. The van der Waals surface area contributed by atoms with Gasteiger partial charge in [0.2, 0.25) is 15.9 Å². The average molecular weight is 484 g/mol. The lowest BCUT2D eigenvalue weighted by Gasteiger charge is -2.25. The van der Waals surface area contributed by atoms with Crippen LogP contribution in [0.4, 0.5) is 0 Å². The third-order valence-corrected chi connectivity index (χ3v) is 7.44. The first-order valence-corrected chi connectivity index (χ1v) is 13.9. The lowest BCUT2D eigenvalue weighted by atomic mass is 10.00. The number of rotatable bonds is 17. The minimum Gasteiger partial charge on any atom is -0.390 e. The van der Waals surface area contributed by atoms with Gasteiger partial charge in [-0.05, 0) is 50.6 Å². The predicted octanol–water partition coefficient (Wildman–Crippen LogP) is 2.86. The van der Waals surface area contributed by atoms with Crippen LogP contribution in [-0.4, -0.2) is 67.8 Å². The molecule has 0 aliphatic heterocycles. The van der Waals surface area contributed by atoms with E-state index in [0.717, 1.165) is 36.9 Å². The third-order valence-electron chi connectivity index (χ3n) is 5.57. The van der Waals surface area contributed by atoms with Gasteiger partial charge in [-0.1, -0.05) is 57.5 Å². The smallest absolute Gasteiger partial charge is 0.221 e. The Hall–Kier alpha value is -1.48. The Morgan fingerprint density at radius 1 is 1.09 bits per heavy atom. The molecular formula is C25H45N3O4S. The summed E-state index contributed by atoms with van der Waals surface area (Å²) in [5, 5.41) is 16.9. The van der Waals surface area contributed by atoms with Crippen molar-refractivity contribution >= 4 is 15.9 Å². The standard InChI is InChI=1S/C25H45N3O4S/c1-6-15-28(16-7-2)33(31,32)17-13-25(30)27-23(18-22-10-8-21(5)9-11-22)24(29)19-26-14-12-20(3)4/h8-11,20,23-24,26,29H,6-7,12-19H2,1-5H3,(H,27,30)/t23-,24+/m1/s1. The van der Waals surface area contributed by atoms with Gasteiger partial charge in [0.05, 0.1) is 17.9 Å². The van der Waals surface area contributed by atoms with Gasteiger partial charge in [-0.2, -0.15) is 0 Å². The largest absolute Gasteiger partial charge is 0.390 e. The highest BCUT2D eigenvalue weighted by atomic mass is 32.2. The number of carbonyl (C=O) groups is 1. The van der Waals surface area contributed by atoms with E-state index >= 15 is 0 Å². The maximum Gasteiger partial charge on any atom is 0.221 e. The molecule has 0 radical (unpaired) electrons. The zero-order chi connectivity index (χ0) is 24.9. The molecule has 1 aromatic rings. The Morgan fingerprint density at radius 2 is 1.70 bits per heavy atom. The first-order valence-electron chi connectivity index (χ1n) is 12.3. The third kappa shape index (κ3) is 12.0. The van der Waals surface area contributed by atoms with Crippen molar-refractivity contribution in [2.24, 2.45) is 5.92 Å². The molecule has 0 spiro atoms. The SMILES string of the molecule is CCCN(CCC)S(=O)(=O)CCC(=O)N[C@H](Cc1ccc(C)cc1)[C@@H](O)CNCCC(C)C. The summed E-state index contributed by atoms with van der Waals surface area (Å²) in [5.74, 6) is -0.0109. The molecule has 0 fully saturated rings. The van der Waals surface area contributed by atoms with Crippen molar-refractivity contribution in [3.8, 4) is 0 Å². The van der Waals surface area contributed by atoms with E-state index in [1.807, 2.05) is 45.0 Å². The molecule has 1 rings (SSSR count). The quantitative estimate of drug-likeness (QED) is 0.296. The van der Waals surface area contributed by atoms with Gasteiger partial charge in [0.1, 0.15) is 0 Å². The summed E-state index contributed by atoms with van der Waals surface area (Å²) in [6.07, 6.45) is 2.05. The number of aryl methyl sites for hydroxylation is 1. The zero-order valence-corrected chi connectivity index (χ0v) is 22.0. The molecule has 1 amide bonds. The highest BCUT2D eigenvalue weighted by molar-refractivity contribution is 7.89. The van der Waals surface area contributed by atoms with Gasteiger partial charge in [0.15, 0.2) is 0 Å². The van der Waals surface area contributed by atoms with Gasteiger partial charge < -0.3 is 15.7 Å². The predicted molar refractivity (Wildman–Crippen MR) is 136 cm³/mol. The molecule has 2 atom stereocenters. The van der Waals surface area contributed by atoms with Gasteiger partial charge in [-0.3, -0.25) is 4.79 Å². The molecule has 0 aromatic heterocycles. The van der Waals surface area contributed by atoms with Crippen LogP contribution in [0.5, 0.6) is 0 Å². The van der Waals surface area contributed by atoms with Gasteiger partial charge in [-0.25, -0.2) is 12.7 Å². The summed E-state index contributed by atoms with van der Waals surface area (Å²) in [4.78, 5) is 12.7. The lowest BCUT2D eigenvalue weighted by Crippen LogP contribution is -2.49. The minimum absolute atomic E-state index is 0.121. The highest BCUT2D eigenvalue weighted by Gasteiger charge is 2.25. The summed E-state index contributed by atoms with van der Waals surface area (Å²) in [6, 6.07) is 7.49. The fourth-order valence-corrected chi connectivity index (χ4v) is 5.19. The molecule has 190 valence electrons. The van der Waals surface area contributed by atoms with Crippen molar-refractivity contribution in [2.45, 2.75) is 78.9 Å². The number of amides is 1. The topological polar surface area (TPSA) is 98.7 Å². The second kappa shape index (κ2) is 15.4. The second-order valence-corrected chi connectivity index (χ2v) is 11.4. The molecule has 8 heteroatoms. The van der Waals surface area contributed by atoms with Crippen LogP contribution < -0.4 is 10.6 Å². The monoisotopic (exact) mass is 483 g/mol. The number of nitrogens with one attached hydrogen (secondary N) is 2. The Balaban J connectivity index is 2.77. The van der Waals surface area contributed by atoms with Gasteiger partial charge in [0.25, 0.3) is 0 Å². The van der Waals surface area contributed by atoms with Crippen molar-refractivity contribution in [3.63, 3.8) is 0 Å². The van der Waals surface area contributed by atoms with E-state index < -0.39 is 22.2 Å². The summed E-state index contributed by atoms with van der Waals surface area (Å²) in [5.41, 5.74) is 2.15. The summed E-state index contributed by atoms with van der Waals surface area (Å²) in [7, 11) is -3.49. The Bertz CT molecular complexity index is 775. The molecule has 0 aliphatic carbocycles. The van der Waals surface area contributed by atoms with Crippen LogP contribution in [0.1, 0.15) is 64.5 Å². The van der Waals surface area contributed by atoms with Crippen molar-refractivity contribution in [1.29, 1.82) is 0 Å². The highest BCUT2D eigenvalue weighted by Crippen LogP contribution is 2.10. The number of carbonyl (C=O) groups excluding carboxylic acids is 1. The van der Waals surface area contributed by atoms with Crippen LogP contribution in [0.3, 0.4) is 0 Å². The van der Waals surface area contributed by atoms with E-state index in [9.17, 15) is 18.3 Å². The van der Waals surface area contributed by atoms with E-state index in [0.29, 0.717) is 32.0 Å². The summed E-state index contributed by atoms with van der Waals surface area (Å²) >= 11 is 0. The second-order valence-electron chi connectivity index (χ2n) is 9.28. The van der Waals surface area contributed by atoms with Crippen LogP contribution >= 0.6 is 0 Å². The van der Waals surface area contributed by atoms with Crippen molar-refractivity contribution in [1.82, 2.24) is 14.9 Å². The number of hydrogen-bond donors (Lipinski definition) is 3. The molecule has 7 nitrogen and oxygen atoms in total. The number of benzene rings is 1. The Labute approximate surface area is 201 Å². The summed E-state index contributed by atoms with van der Waals surface area (Å²) < 4.78 is 26.8. The zero-order valence-electron chi connectivity index (χ0n) is 21.1. The van der Waals surface area contributed by atoms with Gasteiger partial charge >= 0.3 is 0 Å². The van der Waals surface area contributed by atoms with E-state index in [1.54, 1.807) is 0 Å². The van der Waals surface area contributed by atoms with Crippen LogP contribution in [0.2, 0.25) is 0 Å². The Kier molecular flexibility index (Phi) is 13.8. The maximum absolute atomic E-state index is 12.7.